The first kappa shape index (κ1) is 26.2. The van der Waals surface area contributed by atoms with Gasteiger partial charge in [0.15, 0.2) is 10.9 Å². The Balaban J connectivity index is 1.72. The second kappa shape index (κ2) is 10.6. The van der Waals surface area contributed by atoms with Gasteiger partial charge in [0.1, 0.15) is 5.69 Å². The van der Waals surface area contributed by atoms with Crippen molar-refractivity contribution in [1.82, 2.24) is 15.6 Å². The molecule has 0 atom stereocenters. The van der Waals surface area contributed by atoms with Gasteiger partial charge in [-0.05, 0) is 60.7 Å². The molecule has 3 aromatic rings. The minimum Gasteiger partial charge on any atom is -0.417 e. The van der Waals surface area contributed by atoms with Gasteiger partial charge in [-0.25, -0.2) is 9.79 Å². The van der Waals surface area contributed by atoms with E-state index in [2.05, 4.69) is 25.3 Å². The number of pyridine rings is 1. The van der Waals surface area contributed by atoms with Crippen molar-refractivity contribution >= 4 is 69.0 Å². The van der Waals surface area contributed by atoms with E-state index >= 15 is 0 Å². The maximum Gasteiger partial charge on any atom is 0.491 e. The molecule has 2 aromatic carbocycles. The summed E-state index contributed by atoms with van der Waals surface area (Å²) in [6.45, 7) is 1.75. The SMILES string of the molecule is CCNC(=O)c1ccc(Cl)c(N=C2NC(=O)/C(=C/c3ccc4ncccc4c3)S2)c1OC(=O)C(F)(F)F. The molecule has 37 heavy (non-hydrogen) atoms. The van der Waals surface area contributed by atoms with E-state index in [4.69, 9.17) is 11.6 Å². The lowest BCUT2D eigenvalue weighted by Gasteiger charge is -2.14. The number of hydrogen-bond acceptors (Lipinski definition) is 7. The first-order chi connectivity index (χ1) is 17.6. The van der Waals surface area contributed by atoms with Gasteiger partial charge < -0.3 is 15.4 Å². The molecule has 0 aliphatic carbocycles. The van der Waals surface area contributed by atoms with E-state index in [1.165, 1.54) is 6.07 Å². The summed E-state index contributed by atoms with van der Waals surface area (Å²) >= 11 is 7.06. The van der Waals surface area contributed by atoms with Crippen LogP contribution in [0.1, 0.15) is 22.8 Å². The van der Waals surface area contributed by atoms with Crippen molar-refractivity contribution in [2.24, 2.45) is 4.99 Å². The summed E-state index contributed by atoms with van der Waals surface area (Å²) < 4.78 is 43.4. The van der Waals surface area contributed by atoms with Crippen LogP contribution in [0.15, 0.2) is 58.6 Å². The molecule has 0 unspecified atom stereocenters. The summed E-state index contributed by atoms with van der Waals surface area (Å²) in [5, 5.41) is 5.52. The highest BCUT2D eigenvalue weighted by Gasteiger charge is 2.42. The van der Waals surface area contributed by atoms with Gasteiger partial charge in [-0.1, -0.05) is 23.7 Å². The third kappa shape index (κ3) is 5.92. The number of amides is 2. The minimum atomic E-state index is -5.34. The first-order valence-corrected chi connectivity index (χ1v) is 11.8. The van der Waals surface area contributed by atoms with E-state index in [0.717, 1.165) is 28.7 Å². The smallest absolute Gasteiger partial charge is 0.417 e. The van der Waals surface area contributed by atoms with Crippen molar-refractivity contribution in [3.63, 3.8) is 0 Å². The molecule has 0 saturated carbocycles. The molecule has 2 N–H and O–H groups in total. The van der Waals surface area contributed by atoms with Gasteiger partial charge in [0.25, 0.3) is 11.8 Å². The van der Waals surface area contributed by atoms with Gasteiger partial charge in [-0.15, -0.1) is 0 Å². The molecular formula is C24H16ClF3N4O4S. The molecule has 1 aliphatic heterocycles. The summed E-state index contributed by atoms with van der Waals surface area (Å²) in [6, 6.07) is 11.4. The number of nitrogens with one attached hydrogen (secondary N) is 2. The summed E-state index contributed by atoms with van der Waals surface area (Å²) in [5.41, 5.74) is 0.662. The van der Waals surface area contributed by atoms with E-state index in [9.17, 15) is 27.6 Å². The monoisotopic (exact) mass is 548 g/mol. The van der Waals surface area contributed by atoms with Crippen LogP contribution in [0.3, 0.4) is 0 Å². The van der Waals surface area contributed by atoms with Crippen LogP contribution in [-0.2, 0) is 9.59 Å². The zero-order valence-electron chi connectivity index (χ0n) is 18.9. The van der Waals surface area contributed by atoms with Crippen molar-refractivity contribution in [2.45, 2.75) is 13.1 Å². The molecule has 4 rings (SSSR count). The van der Waals surface area contributed by atoms with Crippen LogP contribution >= 0.6 is 23.4 Å². The minimum absolute atomic E-state index is 0.0436. The number of nitrogens with zero attached hydrogens (tertiary/aromatic N) is 2. The average molecular weight is 549 g/mol. The number of alkyl halides is 3. The summed E-state index contributed by atoms with van der Waals surface area (Å²) in [4.78, 5) is 45.2. The maximum absolute atomic E-state index is 12.9. The molecule has 2 heterocycles. The second-order valence-corrected chi connectivity index (χ2v) is 8.89. The molecule has 1 aliphatic rings. The highest BCUT2D eigenvalue weighted by atomic mass is 35.5. The van der Waals surface area contributed by atoms with Gasteiger partial charge in [-0.3, -0.25) is 14.6 Å². The number of esters is 1. The van der Waals surface area contributed by atoms with E-state index in [1.54, 1.807) is 37.4 Å². The summed E-state index contributed by atoms with van der Waals surface area (Å²) in [5.74, 6) is -4.67. The Kier molecular flexibility index (Phi) is 7.50. The van der Waals surface area contributed by atoms with Crippen LogP contribution in [0.25, 0.3) is 17.0 Å². The average Bonchev–Trinajstić information content (AvgIpc) is 3.19. The number of aliphatic imine (C=N–C) groups is 1. The van der Waals surface area contributed by atoms with Crippen molar-refractivity contribution in [3.8, 4) is 5.75 Å². The molecule has 1 aromatic heterocycles. The molecular weight excluding hydrogens is 533 g/mol. The molecule has 190 valence electrons. The van der Waals surface area contributed by atoms with Crippen molar-refractivity contribution in [1.29, 1.82) is 0 Å². The topological polar surface area (TPSA) is 110 Å². The number of carbonyl (C=O) groups is 3. The Morgan fingerprint density at radius 1 is 1.24 bits per heavy atom. The van der Waals surface area contributed by atoms with Gasteiger partial charge >= 0.3 is 12.1 Å². The Morgan fingerprint density at radius 2 is 2.03 bits per heavy atom. The van der Waals surface area contributed by atoms with Crippen LogP contribution in [0.4, 0.5) is 18.9 Å². The molecule has 13 heteroatoms. The van der Waals surface area contributed by atoms with Gasteiger partial charge in [-0.2, -0.15) is 13.2 Å². The first-order valence-electron chi connectivity index (χ1n) is 10.6. The van der Waals surface area contributed by atoms with Crippen molar-refractivity contribution in [2.75, 3.05) is 6.54 Å². The quantitative estimate of drug-likeness (QED) is 0.264. The number of thioether (sulfide) groups is 1. The molecule has 2 amide bonds. The van der Waals surface area contributed by atoms with Crippen molar-refractivity contribution < 1.29 is 32.3 Å². The van der Waals surface area contributed by atoms with E-state index in [0.29, 0.717) is 5.56 Å². The summed E-state index contributed by atoms with van der Waals surface area (Å²) in [7, 11) is 0. The molecule has 0 spiro atoms. The molecule has 1 saturated heterocycles. The number of benzene rings is 2. The fourth-order valence-corrected chi connectivity index (χ4v) is 4.28. The molecule has 0 radical (unpaired) electrons. The Morgan fingerprint density at radius 3 is 2.76 bits per heavy atom. The third-order valence-corrected chi connectivity index (χ3v) is 6.09. The van der Waals surface area contributed by atoms with Crippen LogP contribution in [-0.4, -0.2) is 40.7 Å². The lowest BCUT2D eigenvalue weighted by molar-refractivity contribution is -0.189. The number of rotatable bonds is 5. The Labute approximate surface area is 216 Å². The van der Waals surface area contributed by atoms with Crippen LogP contribution < -0.4 is 15.4 Å². The van der Waals surface area contributed by atoms with E-state index < -0.39 is 41.0 Å². The number of fused-ring (bicyclic) bond motifs is 1. The Hall–Kier alpha value is -3.90. The third-order valence-electron chi connectivity index (χ3n) is 4.88. The highest BCUT2D eigenvalue weighted by molar-refractivity contribution is 8.18. The number of halogens is 4. The van der Waals surface area contributed by atoms with Gasteiger partial charge in [0, 0.05) is 18.1 Å². The predicted octanol–water partition coefficient (Wildman–Crippen LogP) is 5.00. The lowest BCUT2D eigenvalue weighted by atomic mass is 10.1. The highest BCUT2D eigenvalue weighted by Crippen LogP contribution is 2.41. The van der Waals surface area contributed by atoms with Crippen LogP contribution in [0.5, 0.6) is 5.75 Å². The van der Waals surface area contributed by atoms with Gasteiger partial charge in [0.2, 0.25) is 0 Å². The largest absolute Gasteiger partial charge is 0.491 e. The number of amidine groups is 1. The van der Waals surface area contributed by atoms with Crippen LogP contribution in [0, 0.1) is 0 Å². The number of carbonyl (C=O) groups excluding carboxylic acids is 3. The fourth-order valence-electron chi connectivity index (χ4n) is 3.26. The van der Waals surface area contributed by atoms with Gasteiger partial charge in [0.05, 0.1) is 21.0 Å². The zero-order valence-corrected chi connectivity index (χ0v) is 20.4. The standard InChI is InChI=1S/C24H16ClF3N4O4S/c1-2-29-20(33)14-6-7-15(25)18(19(14)36-22(35)24(26,27)28)31-23-32-21(34)17(37-23)11-12-5-8-16-13(10-12)4-3-9-30-16/h3-11H,2H2,1H3,(H,29,33)(H,31,32,34)/b17-11-. The maximum atomic E-state index is 12.9. The molecule has 8 nitrogen and oxygen atoms in total. The zero-order chi connectivity index (χ0) is 26.7. The lowest BCUT2D eigenvalue weighted by Crippen LogP contribution is -2.30. The van der Waals surface area contributed by atoms with Crippen LogP contribution in [0.2, 0.25) is 5.02 Å². The number of aromatic nitrogens is 1. The van der Waals surface area contributed by atoms with Crippen molar-refractivity contribution in [3.05, 3.63) is 69.7 Å². The van der Waals surface area contributed by atoms with E-state index in [1.807, 2.05) is 12.1 Å². The fraction of sp³-hybridized carbons (Fsp3) is 0.125. The molecule has 0 bridgehead atoms. The number of ether oxygens (including phenoxy) is 1. The normalized spacial score (nSPS) is 15.8. The second-order valence-electron chi connectivity index (χ2n) is 7.46. The predicted molar refractivity (Wildman–Crippen MR) is 134 cm³/mol. The number of hydrogen-bond donors (Lipinski definition) is 2. The summed E-state index contributed by atoms with van der Waals surface area (Å²) in [6.07, 6.45) is -2.07. The molecule has 1 fully saturated rings. The van der Waals surface area contributed by atoms with E-state index in [-0.39, 0.29) is 21.6 Å². The Bertz CT molecular complexity index is 1490.